The molecule has 1 aliphatic carbocycles. The highest BCUT2D eigenvalue weighted by Gasteiger charge is 2.39. The highest BCUT2D eigenvalue weighted by atomic mass is 16.5. The first kappa shape index (κ1) is 16.1. The van der Waals surface area contributed by atoms with Gasteiger partial charge in [-0.25, -0.2) is 0 Å². The molecule has 0 spiro atoms. The zero-order valence-electron chi connectivity index (χ0n) is 13.0. The minimum absolute atomic E-state index is 0.356. The van der Waals surface area contributed by atoms with E-state index in [4.69, 9.17) is 15.2 Å². The van der Waals surface area contributed by atoms with Crippen molar-refractivity contribution in [2.75, 3.05) is 14.2 Å². The van der Waals surface area contributed by atoms with Crippen LogP contribution in [0.5, 0.6) is 11.5 Å². The SMILES string of the molecule is COc1ccc(C(=O)NC2(C(N)=O)CCCCC2)c(OC)c1. The molecule has 3 N–H and O–H groups in total. The van der Waals surface area contributed by atoms with Gasteiger partial charge < -0.3 is 20.5 Å². The number of hydrogen-bond acceptors (Lipinski definition) is 4. The van der Waals surface area contributed by atoms with E-state index in [2.05, 4.69) is 5.32 Å². The van der Waals surface area contributed by atoms with Gasteiger partial charge in [0.2, 0.25) is 5.91 Å². The lowest BCUT2D eigenvalue weighted by atomic mass is 9.81. The van der Waals surface area contributed by atoms with Crippen molar-refractivity contribution in [3.63, 3.8) is 0 Å². The van der Waals surface area contributed by atoms with Crippen LogP contribution in [-0.2, 0) is 4.79 Å². The van der Waals surface area contributed by atoms with E-state index in [1.807, 2.05) is 0 Å². The molecule has 0 heterocycles. The number of benzene rings is 1. The van der Waals surface area contributed by atoms with Gasteiger partial charge >= 0.3 is 0 Å². The summed E-state index contributed by atoms with van der Waals surface area (Å²) in [5.41, 5.74) is 4.94. The molecule has 0 aliphatic heterocycles. The molecule has 22 heavy (non-hydrogen) atoms. The topological polar surface area (TPSA) is 90.6 Å². The highest BCUT2D eigenvalue weighted by Crippen LogP contribution is 2.30. The number of nitrogens with one attached hydrogen (secondary N) is 1. The minimum atomic E-state index is -0.958. The number of carbonyl (C=O) groups excluding carboxylic acids is 2. The zero-order chi connectivity index (χ0) is 16.2. The van der Waals surface area contributed by atoms with Crippen LogP contribution in [0.15, 0.2) is 18.2 Å². The van der Waals surface area contributed by atoms with Gasteiger partial charge in [-0.3, -0.25) is 9.59 Å². The van der Waals surface area contributed by atoms with Crippen molar-refractivity contribution in [1.29, 1.82) is 0 Å². The molecular weight excluding hydrogens is 284 g/mol. The molecule has 1 aromatic rings. The number of carbonyl (C=O) groups is 2. The monoisotopic (exact) mass is 306 g/mol. The van der Waals surface area contributed by atoms with Crippen LogP contribution in [0.25, 0.3) is 0 Å². The van der Waals surface area contributed by atoms with Gasteiger partial charge in [0.1, 0.15) is 17.0 Å². The van der Waals surface area contributed by atoms with Crippen LogP contribution in [0.4, 0.5) is 0 Å². The number of ether oxygens (including phenoxy) is 2. The Bertz CT molecular complexity index is 565. The smallest absolute Gasteiger partial charge is 0.255 e. The molecular formula is C16H22N2O4. The summed E-state index contributed by atoms with van der Waals surface area (Å²) in [6.45, 7) is 0. The van der Waals surface area contributed by atoms with Gasteiger partial charge in [0, 0.05) is 6.07 Å². The summed E-state index contributed by atoms with van der Waals surface area (Å²) in [5, 5.41) is 2.83. The minimum Gasteiger partial charge on any atom is -0.497 e. The van der Waals surface area contributed by atoms with E-state index in [1.54, 1.807) is 25.3 Å². The molecule has 0 saturated heterocycles. The first-order chi connectivity index (χ1) is 10.5. The second-order valence-corrected chi connectivity index (χ2v) is 5.53. The summed E-state index contributed by atoms with van der Waals surface area (Å²) >= 11 is 0. The number of nitrogens with two attached hydrogens (primary N) is 1. The molecule has 0 radical (unpaired) electrons. The van der Waals surface area contributed by atoms with Crippen LogP contribution in [0, 0.1) is 0 Å². The first-order valence-electron chi connectivity index (χ1n) is 7.37. The van der Waals surface area contributed by atoms with Gasteiger partial charge in [0.05, 0.1) is 19.8 Å². The van der Waals surface area contributed by atoms with Crippen molar-refractivity contribution in [3.05, 3.63) is 23.8 Å². The Morgan fingerprint density at radius 3 is 2.36 bits per heavy atom. The third-order valence-electron chi connectivity index (χ3n) is 4.18. The van der Waals surface area contributed by atoms with E-state index in [0.717, 1.165) is 19.3 Å². The maximum Gasteiger partial charge on any atom is 0.255 e. The van der Waals surface area contributed by atoms with Gasteiger partial charge in [-0.15, -0.1) is 0 Å². The number of hydrogen-bond donors (Lipinski definition) is 2. The van der Waals surface area contributed by atoms with Gasteiger partial charge in [-0.1, -0.05) is 19.3 Å². The van der Waals surface area contributed by atoms with Gasteiger partial charge in [-0.2, -0.15) is 0 Å². The summed E-state index contributed by atoms with van der Waals surface area (Å²) in [7, 11) is 3.02. The zero-order valence-corrected chi connectivity index (χ0v) is 13.0. The molecule has 1 fully saturated rings. The second kappa shape index (κ2) is 6.68. The lowest BCUT2D eigenvalue weighted by Crippen LogP contribution is -2.58. The van der Waals surface area contributed by atoms with Crippen LogP contribution in [0.1, 0.15) is 42.5 Å². The van der Waals surface area contributed by atoms with E-state index in [1.165, 1.54) is 7.11 Å². The molecule has 0 atom stereocenters. The average molecular weight is 306 g/mol. The molecule has 0 bridgehead atoms. The Labute approximate surface area is 130 Å². The fraction of sp³-hybridized carbons (Fsp3) is 0.500. The molecule has 6 heteroatoms. The van der Waals surface area contributed by atoms with Crippen molar-refractivity contribution in [3.8, 4) is 11.5 Å². The molecule has 0 unspecified atom stereocenters. The van der Waals surface area contributed by atoms with Crippen LogP contribution in [0.3, 0.4) is 0 Å². The second-order valence-electron chi connectivity index (χ2n) is 5.53. The van der Waals surface area contributed by atoms with Gasteiger partial charge in [0.25, 0.3) is 5.91 Å². The molecule has 1 aromatic carbocycles. The van der Waals surface area contributed by atoms with E-state index in [9.17, 15) is 9.59 Å². The van der Waals surface area contributed by atoms with Crippen LogP contribution >= 0.6 is 0 Å². The Hall–Kier alpha value is -2.24. The first-order valence-corrected chi connectivity index (χ1v) is 7.37. The van der Waals surface area contributed by atoms with Crippen molar-refractivity contribution in [2.24, 2.45) is 5.73 Å². The number of methoxy groups -OCH3 is 2. The Kier molecular flexibility index (Phi) is 4.90. The standard InChI is InChI=1S/C16H22N2O4/c1-21-11-6-7-12(13(10-11)22-2)14(19)18-16(15(17)20)8-4-3-5-9-16/h6-7,10H,3-5,8-9H2,1-2H3,(H2,17,20)(H,18,19). The molecule has 0 aromatic heterocycles. The summed E-state index contributed by atoms with van der Waals surface area (Å²) in [5.74, 6) is 0.149. The normalized spacial score (nSPS) is 16.6. The summed E-state index contributed by atoms with van der Waals surface area (Å²) in [4.78, 5) is 24.4. The lowest BCUT2D eigenvalue weighted by Gasteiger charge is -2.35. The summed E-state index contributed by atoms with van der Waals surface area (Å²) < 4.78 is 10.3. The number of amides is 2. The summed E-state index contributed by atoms with van der Waals surface area (Å²) in [6.07, 6.45) is 3.96. The molecule has 1 saturated carbocycles. The van der Waals surface area contributed by atoms with Crippen LogP contribution in [-0.4, -0.2) is 31.6 Å². The number of primary amides is 1. The predicted octanol–water partition coefficient (Wildman–Crippen LogP) is 1.62. The van der Waals surface area contributed by atoms with Crippen LogP contribution < -0.4 is 20.5 Å². The Morgan fingerprint density at radius 2 is 1.82 bits per heavy atom. The van der Waals surface area contributed by atoms with Gasteiger partial charge in [0.15, 0.2) is 0 Å². The van der Waals surface area contributed by atoms with Crippen molar-refractivity contribution in [1.82, 2.24) is 5.32 Å². The number of rotatable bonds is 5. The van der Waals surface area contributed by atoms with Crippen molar-refractivity contribution in [2.45, 2.75) is 37.6 Å². The van der Waals surface area contributed by atoms with Crippen molar-refractivity contribution < 1.29 is 19.1 Å². The molecule has 6 nitrogen and oxygen atoms in total. The fourth-order valence-corrected chi connectivity index (χ4v) is 2.86. The molecule has 1 aliphatic rings. The maximum atomic E-state index is 12.6. The Morgan fingerprint density at radius 1 is 1.14 bits per heavy atom. The molecule has 120 valence electrons. The lowest BCUT2D eigenvalue weighted by molar-refractivity contribution is -0.125. The average Bonchev–Trinajstić information content (AvgIpc) is 2.54. The Balaban J connectivity index is 2.25. The van der Waals surface area contributed by atoms with E-state index >= 15 is 0 Å². The highest BCUT2D eigenvalue weighted by molar-refractivity contribution is 6.01. The van der Waals surface area contributed by atoms with Crippen molar-refractivity contribution >= 4 is 11.8 Å². The van der Waals surface area contributed by atoms with E-state index in [0.29, 0.717) is 29.9 Å². The fourth-order valence-electron chi connectivity index (χ4n) is 2.86. The van der Waals surface area contributed by atoms with E-state index in [-0.39, 0.29) is 5.91 Å². The van der Waals surface area contributed by atoms with E-state index < -0.39 is 11.4 Å². The largest absolute Gasteiger partial charge is 0.497 e. The van der Waals surface area contributed by atoms with Gasteiger partial charge in [-0.05, 0) is 25.0 Å². The molecule has 2 rings (SSSR count). The van der Waals surface area contributed by atoms with Crippen LogP contribution in [0.2, 0.25) is 0 Å². The molecule has 2 amide bonds. The summed E-state index contributed by atoms with van der Waals surface area (Å²) in [6, 6.07) is 4.92. The maximum absolute atomic E-state index is 12.6. The third kappa shape index (κ3) is 3.16. The third-order valence-corrected chi connectivity index (χ3v) is 4.18. The predicted molar refractivity (Wildman–Crippen MR) is 82.0 cm³/mol. The quantitative estimate of drug-likeness (QED) is 0.865.